The van der Waals surface area contributed by atoms with E-state index in [2.05, 4.69) is 16.3 Å². The van der Waals surface area contributed by atoms with Crippen molar-refractivity contribution in [3.63, 3.8) is 0 Å². The summed E-state index contributed by atoms with van der Waals surface area (Å²) in [7, 11) is 0. The Kier molecular flexibility index (Phi) is 8.73. The average molecular weight is 435 g/mol. The van der Waals surface area contributed by atoms with Crippen molar-refractivity contribution in [2.24, 2.45) is 4.99 Å². The number of allylic oxidation sites excluding steroid dienone is 8. The number of hydrogen-bond acceptors (Lipinski definition) is 2. The number of aliphatic imine (C=N–C) groups is 1. The third kappa shape index (κ3) is 7.51. The lowest BCUT2D eigenvalue weighted by Gasteiger charge is -2.07. The lowest BCUT2D eigenvalue weighted by molar-refractivity contribution is -0.298. The molecule has 0 amide bonds. The van der Waals surface area contributed by atoms with Gasteiger partial charge in [0.05, 0.1) is 17.9 Å². The lowest BCUT2D eigenvalue weighted by Crippen LogP contribution is -2.08. The second kappa shape index (κ2) is 11.2. The van der Waals surface area contributed by atoms with Crippen molar-refractivity contribution < 1.29 is 26.7 Å². The number of rotatable bonds is 8. The quantitative estimate of drug-likeness (QED) is 0.242. The summed E-state index contributed by atoms with van der Waals surface area (Å²) in [5.41, 5.74) is 1.67. The van der Waals surface area contributed by atoms with Crippen molar-refractivity contribution >= 4 is 5.71 Å². The molecule has 0 saturated heterocycles. The summed E-state index contributed by atoms with van der Waals surface area (Å²) >= 11 is 0. The van der Waals surface area contributed by atoms with Crippen LogP contribution in [0.3, 0.4) is 0 Å². The Morgan fingerprint density at radius 1 is 1.13 bits per heavy atom. The minimum absolute atomic E-state index is 0.102. The average Bonchev–Trinajstić information content (AvgIpc) is 3.17. The van der Waals surface area contributed by atoms with Crippen LogP contribution in [0.4, 0.5) is 22.0 Å². The smallest absolute Gasteiger partial charge is 0.414 e. The van der Waals surface area contributed by atoms with Gasteiger partial charge in [0.25, 0.3) is 0 Å². The predicted octanol–water partition coefficient (Wildman–Crippen LogP) is 7.14. The Morgan fingerprint density at radius 2 is 1.84 bits per heavy atom. The summed E-state index contributed by atoms with van der Waals surface area (Å²) in [6, 6.07) is 3.42. The molecular weight excluding hydrogens is 413 g/mol. The fourth-order valence-corrected chi connectivity index (χ4v) is 3.01. The third-order valence-corrected chi connectivity index (χ3v) is 4.34. The highest BCUT2D eigenvalue weighted by Gasteiger charge is 2.28. The molecule has 0 N–H and O–H groups in total. The molecule has 1 heterocycles. The van der Waals surface area contributed by atoms with Crippen molar-refractivity contribution in [3.05, 3.63) is 108 Å². The zero-order valence-corrected chi connectivity index (χ0v) is 16.9. The fourth-order valence-electron chi connectivity index (χ4n) is 3.01. The van der Waals surface area contributed by atoms with E-state index in [0.29, 0.717) is 30.4 Å². The van der Waals surface area contributed by atoms with E-state index in [1.807, 2.05) is 0 Å². The number of halogens is 5. The van der Waals surface area contributed by atoms with Crippen molar-refractivity contribution in [2.75, 3.05) is 0 Å². The lowest BCUT2D eigenvalue weighted by atomic mass is 10.0. The first-order valence-electron chi connectivity index (χ1n) is 9.51. The molecule has 1 aromatic rings. The van der Waals surface area contributed by atoms with Crippen LogP contribution in [0.25, 0.3) is 0 Å². The Labute approximate surface area is 178 Å². The van der Waals surface area contributed by atoms with Crippen molar-refractivity contribution in [1.29, 1.82) is 0 Å². The first-order valence-corrected chi connectivity index (χ1v) is 9.51. The van der Waals surface area contributed by atoms with E-state index < -0.39 is 18.0 Å². The summed E-state index contributed by atoms with van der Waals surface area (Å²) in [5.74, 6) is -1.29. The maximum absolute atomic E-state index is 14.0. The maximum Gasteiger partial charge on any atom is 0.572 e. The zero-order valence-electron chi connectivity index (χ0n) is 16.9. The molecule has 0 spiro atoms. The number of ether oxygens (including phenoxy) is 1. The van der Waals surface area contributed by atoms with E-state index >= 15 is 0 Å². The molecule has 0 radical (unpaired) electrons. The SMILES string of the molecule is C=C\C(=C/C=C/C(/C=C\C)=C/C=C/OC(F)(F)F)C1CCC(c2c(F)cccc2F)=N1. The van der Waals surface area contributed by atoms with Gasteiger partial charge in [0.1, 0.15) is 11.6 Å². The van der Waals surface area contributed by atoms with Crippen LogP contribution in [-0.4, -0.2) is 18.1 Å². The van der Waals surface area contributed by atoms with Gasteiger partial charge in [-0.15, -0.1) is 13.2 Å². The number of nitrogens with zero attached hydrogens (tertiary/aromatic N) is 1. The molecule has 0 aliphatic carbocycles. The van der Waals surface area contributed by atoms with Crippen molar-refractivity contribution in [2.45, 2.75) is 32.2 Å². The topological polar surface area (TPSA) is 21.6 Å². The molecule has 1 aromatic carbocycles. The highest BCUT2D eigenvalue weighted by molar-refractivity contribution is 6.02. The second-order valence-electron chi connectivity index (χ2n) is 6.52. The van der Waals surface area contributed by atoms with Gasteiger partial charge in [-0.05, 0) is 49.1 Å². The zero-order chi connectivity index (χ0) is 22.9. The highest BCUT2D eigenvalue weighted by Crippen LogP contribution is 2.27. The molecule has 7 heteroatoms. The third-order valence-electron chi connectivity index (χ3n) is 4.34. The van der Waals surface area contributed by atoms with Crippen LogP contribution in [-0.2, 0) is 4.74 Å². The Balaban J connectivity index is 2.16. The second-order valence-corrected chi connectivity index (χ2v) is 6.52. The maximum atomic E-state index is 14.0. The van der Waals surface area contributed by atoms with Crippen molar-refractivity contribution in [1.82, 2.24) is 0 Å². The van der Waals surface area contributed by atoms with Gasteiger partial charge < -0.3 is 4.74 Å². The van der Waals surface area contributed by atoms with Crippen LogP contribution in [0.5, 0.6) is 0 Å². The van der Waals surface area contributed by atoms with E-state index in [-0.39, 0.29) is 11.6 Å². The van der Waals surface area contributed by atoms with Gasteiger partial charge in [0.2, 0.25) is 0 Å². The van der Waals surface area contributed by atoms with Crippen LogP contribution in [0.15, 0.2) is 95.8 Å². The molecule has 31 heavy (non-hydrogen) atoms. The van der Waals surface area contributed by atoms with Crippen LogP contribution in [0, 0.1) is 11.6 Å². The van der Waals surface area contributed by atoms with Gasteiger partial charge in [-0.1, -0.05) is 55.2 Å². The summed E-state index contributed by atoms with van der Waals surface area (Å²) in [5, 5.41) is 0. The number of benzene rings is 1. The van der Waals surface area contributed by atoms with E-state index in [9.17, 15) is 22.0 Å². The Morgan fingerprint density at radius 3 is 2.45 bits per heavy atom. The molecular formula is C24H22F5NO. The van der Waals surface area contributed by atoms with Gasteiger partial charge in [0, 0.05) is 5.71 Å². The van der Waals surface area contributed by atoms with Crippen LogP contribution in [0.2, 0.25) is 0 Å². The molecule has 0 bridgehead atoms. The predicted molar refractivity (Wildman–Crippen MR) is 113 cm³/mol. The normalized spacial score (nSPS) is 18.4. The fraction of sp³-hybridized carbons (Fsp3) is 0.208. The van der Waals surface area contributed by atoms with Gasteiger partial charge in [-0.3, -0.25) is 4.99 Å². The molecule has 0 aromatic heterocycles. The van der Waals surface area contributed by atoms with Gasteiger partial charge in [-0.25, -0.2) is 8.78 Å². The van der Waals surface area contributed by atoms with Crippen molar-refractivity contribution in [3.8, 4) is 0 Å². The van der Waals surface area contributed by atoms with Gasteiger partial charge in [-0.2, -0.15) is 0 Å². The molecule has 2 nitrogen and oxygen atoms in total. The molecule has 2 rings (SSSR count). The first-order chi connectivity index (χ1) is 14.7. The summed E-state index contributed by atoms with van der Waals surface area (Å²) in [6.07, 6.45) is 9.67. The van der Waals surface area contributed by atoms with Gasteiger partial charge in [0.15, 0.2) is 0 Å². The van der Waals surface area contributed by atoms with Crippen LogP contribution < -0.4 is 0 Å². The standard InChI is InChI=1S/C24H22F5NO/c1-3-8-17(10-7-16-31-24(27,28)29)9-5-11-18(4-2)21-14-15-22(30-21)23-19(25)12-6-13-20(23)26/h3-13,16,21H,2,14-15H2,1H3/b8-3-,9-5+,16-7+,17-10+,18-11+. The molecule has 1 aliphatic rings. The minimum atomic E-state index is -4.73. The molecule has 164 valence electrons. The molecule has 1 aliphatic heterocycles. The first kappa shape index (κ1) is 24.1. The molecule has 0 fully saturated rings. The number of alkyl halides is 3. The molecule has 1 atom stereocenters. The summed E-state index contributed by atoms with van der Waals surface area (Å²) in [4.78, 5) is 4.47. The van der Waals surface area contributed by atoms with E-state index in [0.717, 1.165) is 11.6 Å². The minimum Gasteiger partial charge on any atom is -0.414 e. The largest absolute Gasteiger partial charge is 0.572 e. The monoisotopic (exact) mass is 435 g/mol. The summed E-state index contributed by atoms with van der Waals surface area (Å²) in [6.45, 7) is 5.55. The number of hydrogen-bond donors (Lipinski definition) is 0. The van der Waals surface area contributed by atoms with E-state index in [4.69, 9.17) is 0 Å². The van der Waals surface area contributed by atoms with E-state index in [1.165, 1.54) is 24.3 Å². The van der Waals surface area contributed by atoms with Crippen LogP contribution in [0.1, 0.15) is 25.3 Å². The van der Waals surface area contributed by atoms with E-state index in [1.54, 1.807) is 43.4 Å². The molecule has 0 saturated carbocycles. The highest BCUT2D eigenvalue weighted by atomic mass is 19.4. The van der Waals surface area contributed by atoms with Crippen LogP contribution >= 0.6 is 0 Å². The Bertz CT molecular complexity index is 944. The molecule has 1 unspecified atom stereocenters. The summed E-state index contributed by atoms with van der Waals surface area (Å²) < 4.78 is 67.6. The van der Waals surface area contributed by atoms with Gasteiger partial charge >= 0.3 is 6.36 Å². The Hall–Kier alpha value is -3.22.